The van der Waals surface area contributed by atoms with Crippen molar-refractivity contribution in [2.24, 2.45) is 11.7 Å². The number of Topliss-reactive ketones (excluding diaryl/α,β-unsaturated/α-hetero) is 1. The first-order valence-electron chi connectivity index (χ1n) is 5.81. The van der Waals surface area contributed by atoms with Crippen molar-refractivity contribution in [2.45, 2.75) is 38.1 Å². The standard InChI is InChI=1S/C11H18N2O4/c12-8(11(16)17)3-1-2-6-13-10(15)7-4-5-9(7)14/h7-8H,1-6,12H2,(H,13,15)(H,16,17). The predicted molar refractivity (Wildman–Crippen MR) is 60.2 cm³/mol. The number of nitrogens with one attached hydrogen (secondary N) is 1. The van der Waals surface area contributed by atoms with Crippen molar-refractivity contribution in [1.29, 1.82) is 0 Å². The topological polar surface area (TPSA) is 109 Å². The number of ketones is 1. The highest BCUT2D eigenvalue weighted by atomic mass is 16.4. The number of carboxylic acids is 1. The highest BCUT2D eigenvalue weighted by molar-refractivity contribution is 6.05. The molecule has 0 heterocycles. The lowest BCUT2D eigenvalue weighted by Crippen LogP contribution is -2.41. The molecule has 0 aliphatic heterocycles. The normalized spacial score (nSPS) is 20.5. The average molecular weight is 242 g/mol. The molecule has 6 nitrogen and oxygen atoms in total. The van der Waals surface area contributed by atoms with E-state index in [0.29, 0.717) is 38.6 Å². The van der Waals surface area contributed by atoms with E-state index >= 15 is 0 Å². The van der Waals surface area contributed by atoms with E-state index in [1.807, 2.05) is 0 Å². The van der Waals surface area contributed by atoms with Gasteiger partial charge in [-0.25, -0.2) is 0 Å². The van der Waals surface area contributed by atoms with Crippen molar-refractivity contribution in [3.05, 3.63) is 0 Å². The maximum Gasteiger partial charge on any atom is 0.320 e. The molecule has 0 spiro atoms. The predicted octanol–water partition coefficient (Wildman–Crippen LogP) is -0.336. The van der Waals surface area contributed by atoms with Gasteiger partial charge in [0, 0.05) is 13.0 Å². The summed E-state index contributed by atoms with van der Waals surface area (Å²) in [5.41, 5.74) is 5.32. The molecule has 0 aromatic heterocycles. The zero-order valence-corrected chi connectivity index (χ0v) is 9.65. The first-order chi connectivity index (χ1) is 8.02. The Labute approximate surface area is 99.6 Å². The monoisotopic (exact) mass is 242 g/mol. The number of nitrogens with two attached hydrogens (primary N) is 1. The minimum atomic E-state index is -1.01. The summed E-state index contributed by atoms with van der Waals surface area (Å²) in [5.74, 6) is -1.65. The van der Waals surface area contributed by atoms with Crippen LogP contribution in [0.3, 0.4) is 0 Å². The van der Waals surface area contributed by atoms with E-state index in [4.69, 9.17) is 10.8 Å². The lowest BCUT2D eigenvalue weighted by Gasteiger charge is -2.22. The van der Waals surface area contributed by atoms with Crippen LogP contribution in [0, 0.1) is 5.92 Å². The number of hydrogen-bond donors (Lipinski definition) is 3. The summed E-state index contributed by atoms with van der Waals surface area (Å²) in [4.78, 5) is 32.8. The Kier molecular flexibility index (Phi) is 5.09. The van der Waals surface area contributed by atoms with Gasteiger partial charge in [0.1, 0.15) is 11.8 Å². The van der Waals surface area contributed by atoms with Crippen LogP contribution in [-0.2, 0) is 14.4 Å². The van der Waals surface area contributed by atoms with Gasteiger partial charge in [-0.15, -0.1) is 0 Å². The van der Waals surface area contributed by atoms with Gasteiger partial charge in [-0.05, 0) is 25.7 Å². The minimum absolute atomic E-state index is 0.00963. The zero-order chi connectivity index (χ0) is 12.8. The molecule has 2 atom stereocenters. The molecule has 17 heavy (non-hydrogen) atoms. The lowest BCUT2D eigenvalue weighted by molar-refractivity contribution is -0.140. The number of rotatable bonds is 7. The number of amides is 1. The Bertz CT molecular complexity index is 317. The van der Waals surface area contributed by atoms with Gasteiger partial charge in [0.15, 0.2) is 0 Å². The molecule has 0 bridgehead atoms. The molecule has 1 amide bonds. The van der Waals surface area contributed by atoms with Gasteiger partial charge in [-0.3, -0.25) is 14.4 Å². The van der Waals surface area contributed by atoms with Crippen molar-refractivity contribution in [3.8, 4) is 0 Å². The van der Waals surface area contributed by atoms with Crippen LogP contribution in [0.5, 0.6) is 0 Å². The van der Waals surface area contributed by atoms with Crippen LogP contribution < -0.4 is 11.1 Å². The average Bonchev–Trinajstić information content (AvgIpc) is 2.26. The van der Waals surface area contributed by atoms with Crippen molar-refractivity contribution in [3.63, 3.8) is 0 Å². The van der Waals surface area contributed by atoms with Crippen molar-refractivity contribution in [2.75, 3.05) is 6.54 Å². The Morgan fingerprint density at radius 3 is 2.65 bits per heavy atom. The summed E-state index contributed by atoms with van der Waals surface area (Å²) in [6, 6.07) is -0.834. The Hall–Kier alpha value is -1.43. The second-order valence-electron chi connectivity index (χ2n) is 4.29. The highest BCUT2D eigenvalue weighted by Gasteiger charge is 2.34. The Morgan fingerprint density at radius 1 is 1.47 bits per heavy atom. The molecule has 0 aromatic rings. The number of carbonyl (C=O) groups is 3. The Morgan fingerprint density at radius 2 is 2.18 bits per heavy atom. The molecule has 0 saturated heterocycles. The molecule has 1 aliphatic rings. The summed E-state index contributed by atoms with van der Waals surface area (Å²) >= 11 is 0. The quantitative estimate of drug-likeness (QED) is 0.418. The van der Waals surface area contributed by atoms with Crippen LogP contribution in [-0.4, -0.2) is 35.4 Å². The highest BCUT2D eigenvalue weighted by Crippen LogP contribution is 2.21. The van der Waals surface area contributed by atoms with Crippen molar-refractivity contribution in [1.82, 2.24) is 5.32 Å². The van der Waals surface area contributed by atoms with E-state index in [0.717, 1.165) is 0 Å². The van der Waals surface area contributed by atoms with Gasteiger partial charge < -0.3 is 16.2 Å². The first-order valence-corrected chi connectivity index (χ1v) is 5.81. The molecule has 1 rings (SSSR count). The maximum absolute atomic E-state index is 11.4. The summed E-state index contributed by atoms with van der Waals surface area (Å²) < 4.78 is 0. The van der Waals surface area contributed by atoms with Crippen LogP contribution in [0.4, 0.5) is 0 Å². The number of hydrogen-bond acceptors (Lipinski definition) is 4. The molecule has 2 unspecified atom stereocenters. The SMILES string of the molecule is NC(CCCCNC(=O)C1CCC1=O)C(=O)O. The molecule has 6 heteroatoms. The molecular formula is C11H18N2O4. The van der Waals surface area contributed by atoms with Crippen LogP contribution in [0.2, 0.25) is 0 Å². The molecule has 0 aromatic carbocycles. The second kappa shape index (κ2) is 6.34. The third-order valence-corrected chi connectivity index (χ3v) is 2.94. The minimum Gasteiger partial charge on any atom is -0.480 e. The van der Waals surface area contributed by atoms with Crippen LogP contribution in [0.15, 0.2) is 0 Å². The van der Waals surface area contributed by atoms with Crippen molar-refractivity contribution >= 4 is 17.7 Å². The van der Waals surface area contributed by atoms with Gasteiger partial charge >= 0.3 is 5.97 Å². The van der Waals surface area contributed by atoms with Crippen LogP contribution in [0.1, 0.15) is 32.1 Å². The molecule has 1 fully saturated rings. The van der Waals surface area contributed by atoms with Crippen molar-refractivity contribution < 1.29 is 19.5 Å². The largest absolute Gasteiger partial charge is 0.480 e. The molecule has 96 valence electrons. The fourth-order valence-corrected chi connectivity index (χ4v) is 1.63. The first kappa shape index (κ1) is 13.6. The number of carboxylic acid groups (broad SMARTS) is 1. The summed E-state index contributed by atoms with van der Waals surface area (Å²) in [7, 11) is 0. The van der Waals surface area contributed by atoms with E-state index in [2.05, 4.69) is 5.32 Å². The van der Waals surface area contributed by atoms with E-state index in [1.165, 1.54) is 0 Å². The second-order valence-corrected chi connectivity index (χ2v) is 4.29. The summed E-state index contributed by atoms with van der Waals surface area (Å²) in [5, 5.41) is 11.2. The molecule has 1 aliphatic carbocycles. The maximum atomic E-state index is 11.4. The third kappa shape index (κ3) is 4.14. The summed E-state index contributed by atoms with van der Waals surface area (Å²) in [6.07, 6.45) is 2.87. The van der Waals surface area contributed by atoms with E-state index in [1.54, 1.807) is 0 Å². The summed E-state index contributed by atoms with van der Waals surface area (Å²) in [6.45, 7) is 0.467. The van der Waals surface area contributed by atoms with Crippen LogP contribution >= 0.6 is 0 Å². The van der Waals surface area contributed by atoms with Crippen LogP contribution in [0.25, 0.3) is 0 Å². The zero-order valence-electron chi connectivity index (χ0n) is 9.65. The van der Waals surface area contributed by atoms with Gasteiger partial charge in [0.2, 0.25) is 5.91 Å². The van der Waals surface area contributed by atoms with Gasteiger partial charge in [0.05, 0.1) is 5.92 Å². The molecule has 0 radical (unpaired) electrons. The van der Waals surface area contributed by atoms with Gasteiger partial charge in [-0.1, -0.05) is 0 Å². The third-order valence-electron chi connectivity index (χ3n) is 2.94. The number of unbranched alkanes of at least 4 members (excludes halogenated alkanes) is 1. The van der Waals surface area contributed by atoms with E-state index in [9.17, 15) is 14.4 Å². The van der Waals surface area contributed by atoms with Gasteiger partial charge in [-0.2, -0.15) is 0 Å². The number of aliphatic carboxylic acids is 1. The van der Waals surface area contributed by atoms with Gasteiger partial charge in [0.25, 0.3) is 0 Å². The molecular weight excluding hydrogens is 224 g/mol. The Balaban J connectivity index is 2.02. The van der Waals surface area contributed by atoms with E-state index in [-0.39, 0.29) is 11.7 Å². The molecule has 4 N–H and O–H groups in total. The fourth-order valence-electron chi connectivity index (χ4n) is 1.63. The number of carbonyl (C=O) groups excluding carboxylic acids is 2. The smallest absolute Gasteiger partial charge is 0.320 e. The van der Waals surface area contributed by atoms with E-state index < -0.39 is 17.9 Å². The lowest BCUT2D eigenvalue weighted by atomic mass is 9.83. The molecule has 1 saturated carbocycles. The fraction of sp³-hybridized carbons (Fsp3) is 0.727.